The minimum atomic E-state index is -0.371. The van der Waals surface area contributed by atoms with E-state index >= 15 is 0 Å². The average molecular weight is 337 g/mol. The molecule has 3 rings (SSSR count). The van der Waals surface area contributed by atoms with Gasteiger partial charge in [-0.1, -0.05) is 34.1 Å². The Labute approximate surface area is 126 Å². The zero-order valence-corrected chi connectivity index (χ0v) is 13.0. The minimum Gasteiger partial charge on any atom is -0.329 e. The highest BCUT2D eigenvalue weighted by Gasteiger charge is 2.45. The molecule has 20 heavy (non-hydrogen) atoms. The first-order valence-corrected chi connectivity index (χ1v) is 7.73. The highest BCUT2D eigenvalue weighted by atomic mass is 79.9. The molecule has 0 aliphatic carbocycles. The molecule has 2 atom stereocenters. The average Bonchev–Trinajstić information content (AvgIpc) is 2.93. The Balaban J connectivity index is 1.87. The van der Waals surface area contributed by atoms with Gasteiger partial charge in [0.1, 0.15) is 12.1 Å². The van der Waals surface area contributed by atoms with Crippen LogP contribution < -0.4 is 0 Å². The van der Waals surface area contributed by atoms with E-state index in [1.54, 1.807) is 9.80 Å². The molecule has 0 bridgehead atoms. The van der Waals surface area contributed by atoms with E-state index < -0.39 is 0 Å². The van der Waals surface area contributed by atoms with Crippen LogP contribution in [0.3, 0.4) is 0 Å². The van der Waals surface area contributed by atoms with Crippen LogP contribution in [0.5, 0.6) is 0 Å². The van der Waals surface area contributed by atoms with Gasteiger partial charge < -0.3 is 9.80 Å². The van der Waals surface area contributed by atoms with Gasteiger partial charge in [0.15, 0.2) is 0 Å². The van der Waals surface area contributed by atoms with E-state index in [9.17, 15) is 9.59 Å². The normalized spacial score (nSPS) is 26.1. The van der Waals surface area contributed by atoms with Crippen molar-refractivity contribution in [1.29, 1.82) is 0 Å². The van der Waals surface area contributed by atoms with E-state index in [4.69, 9.17) is 0 Å². The Morgan fingerprint density at radius 1 is 1.25 bits per heavy atom. The first kappa shape index (κ1) is 13.6. The number of nitrogens with zero attached hydrogens (tertiary/aromatic N) is 2. The van der Waals surface area contributed by atoms with Gasteiger partial charge in [-0.2, -0.15) is 0 Å². The lowest BCUT2D eigenvalue weighted by Gasteiger charge is -2.41. The van der Waals surface area contributed by atoms with Gasteiger partial charge in [-0.05, 0) is 31.4 Å². The third-order valence-electron chi connectivity index (χ3n) is 4.23. The number of hydrogen-bond acceptors (Lipinski definition) is 2. The summed E-state index contributed by atoms with van der Waals surface area (Å²) in [6.45, 7) is 3.03. The maximum atomic E-state index is 12.6. The number of fused-ring (bicyclic) bond motifs is 1. The molecule has 2 saturated heterocycles. The van der Waals surface area contributed by atoms with Crippen LogP contribution in [0.15, 0.2) is 28.7 Å². The van der Waals surface area contributed by atoms with E-state index in [0.717, 1.165) is 29.4 Å². The molecule has 2 fully saturated rings. The predicted molar refractivity (Wildman–Crippen MR) is 78.9 cm³/mol. The molecule has 1 aromatic rings. The fourth-order valence-electron chi connectivity index (χ4n) is 3.07. The van der Waals surface area contributed by atoms with Crippen LogP contribution in [0.1, 0.15) is 25.3 Å². The fraction of sp³-hybridized carbons (Fsp3) is 0.467. The van der Waals surface area contributed by atoms with Crippen molar-refractivity contribution in [3.63, 3.8) is 0 Å². The van der Waals surface area contributed by atoms with Crippen molar-refractivity contribution in [2.24, 2.45) is 0 Å². The molecule has 0 N–H and O–H groups in total. The lowest BCUT2D eigenvalue weighted by atomic mass is 10.0. The number of hydrogen-bond donors (Lipinski definition) is 0. The van der Waals surface area contributed by atoms with Gasteiger partial charge in [-0.3, -0.25) is 9.59 Å². The molecule has 0 radical (unpaired) electrons. The largest absolute Gasteiger partial charge is 0.329 e. The molecule has 0 spiro atoms. The van der Waals surface area contributed by atoms with Gasteiger partial charge in [-0.15, -0.1) is 0 Å². The lowest BCUT2D eigenvalue weighted by Crippen LogP contribution is -2.61. The summed E-state index contributed by atoms with van der Waals surface area (Å²) < 4.78 is 0.973. The second-order valence-corrected chi connectivity index (χ2v) is 6.28. The second kappa shape index (κ2) is 5.20. The maximum absolute atomic E-state index is 12.6. The summed E-state index contributed by atoms with van der Waals surface area (Å²) in [4.78, 5) is 28.4. The summed E-state index contributed by atoms with van der Waals surface area (Å²) in [5, 5.41) is 0. The highest BCUT2D eigenvalue weighted by Crippen LogP contribution is 2.29. The molecule has 5 heteroatoms. The Bertz CT molecular complexity index is 561. The minimum absolute atomic E-state index is 0.0825. The fourth-order valence-corrected chi connectivity index (χ4v) is 3.48. The molecular formula is C15H17BrN2O2. The zero-order chi connectivity index (χ0) is 14.3. The number of halogens is 1. The summed E-state index contributed by atoms with van der Waals surface area (Å²) >= 11 is 3.50. The van der Waals surface area contributed by atoms with Crippen LogP contribution in [0, 0.1) is 0 Å². The number of amides is 2. The molecule has 4 nitrogen and oxygen atoms in total. The number of carbonyl (C=O) groups is 2. The molecular weight excluding hydrogens is 320 g/mol. The first-order chi connectivity index (χ1) is 9.59. The molecule has 106 valence electrons. The number of benzene rings is 1. The monoisotopic (exact) mass is 336 g/mol. The Morgan fingerprint density at radius 3 is 2.75 bits per heavy atom. The second-order valence-electron chi connectivity index (χ2n) is 5.42. The van der Waals surface area contributed by atoms with Crippen molar-refractivity contribution in [2.75, 3.05) is 6.54 Å². The summed E-state index contributed by atoms with van der Waals surface area (Å²) in [6.07, 6.45) is 1.72. The summed E-state index contributed by atoms with van der Waals surface area (Å²) in [7, 11) is 0. The smallest absolute Gasteiger partial charge is 0.246 e. The summed E-state index contributed by atoms with van der Waals surface area (Å²) in [5.41, 5.74) is 1.03. The number of carbonyl (C=O) groups excluding carboxylic acids is 2. The Kier molecular flexibility index (Phi) is 3.54. The quantitative estimate of drug-likeness (QED) is 0.830. The van der Waals surface area contributed by atoms with Crippen molar-refractivity contribution < 1.29 is 9.59 Å². The molecule has 0 aromatic heterocycles. The molecule has 2 unspecified atom stereocenters. The molecule has 2 aliphatic rings. The molecule has 0 saturated carbocycles. The Hall–Kier alpha value is -1.36. The van der Waals surface area contributed by atoms with Crippen molar-refractivity contribution >= 4 is 27.7 Å². The molecule has 2 amide bonds. The topological polar surface area (TPSA) is 40.6 Å². The van der Waals surface area contributed by atoms with Gasteiger partial charge in [-0.25, -0.2) is 0 Å². The third-order valence-corrected chi connectivity index (χ3v) is 5.00. The third kappa shape index (κ3) is 2.14. The van der Waals surface area contributed by atoms with Crippen molar-refractivity contribution in [2.45, 2.75) is 38.4 Å². The predicted octanol–water partition coefficient (Wildman–Crippen LogP) is 2.17. The molecule has 2 aliphatic heterocycles. The van der Waals surface area contributed by atoms with Gasteiger partial charge in [0.05, 0.1) is 0 Å². The maximum Gasteiger partial charge on any atom is 0.246 e. The highest BCUT2D eigenvalue weighted by molar-refractivity contribution is 9.10. The van der Waals surface area contributed by atoms with Gasteiger partial charge in [0, 0.05) is 17.6 Å². The number of rotatable bonds is 2. The standard InChI is InChI=1S/C15H17BrN2O2/c1-10-14(19)17-8-4-7-13(17)15(20)18(10)9-11-5-2-3-6-12(11)16/h2-3,5-6,10,13H,4,7-9H2,1H3. The SMILES string of the molecule is CC1C(=O)N2CCCC2C(=O)N1Cc1ccccc1Br. The first-order valence-electron chi connectivity index (χ1n) is 6.94. The van der Waals surface area contributed by atoms with E-state index in [0.29, 0.717) is 6.54 Å². The van der Waals surface area contributed by atoms with E-state index in [-0.39, 0.29) is 23.9 Å². The lowest BCUT2D eigenvalue weighted by molar-refractivity contribution is -0.159. The van der Waals surface area contributed by atoms with Crippen LogP contribution in [-0.2, 0) is 16.1 Å². The van der Waals surface area contributed by atoms with E-state index in [1.807, 2.05) is 31.2 Å². The van der Waals surface area contributed by atoms with Gasteiger partial charge in [0.25, 0.3) is 0 Å². The van der Waals surface area contributed by atoms with E-state index in [1.165, 1.54) is 0 Å². The molecule has 2 heterocycles. The van der Waals surface area contributed by atoms with Gasteiger partial charge >= 0.3 is 0 Å². The summed E-state index contributed by atoms with van der Waals surface area (Å²) in [6, 6.07) is 7.22. The van der Waals surface area contributed by atoms with E-state index in [2.05, 4.69) is 15.9 Å². The Morgan fingerprint density at radius 2 is 2.00 bits per heavy atom. The van der Waals surface area contributed by atoms with Crippen LogP contribution in [-0.4, -0.2) is 40.2 Å². The van der Waals surface area contributed by atoms with Gasteiger partial charge in [0.2, 0.25) is 11.8 Å². The van der Waals surface area contributed by atoms with Crippen molar-refractivity contribution in [3.05, 3.63) is 34.3 Å². The molecule has 1 aromatic carbocycles. The van der Waals surface area contributed by atoms with Crippen molar-refractivity contribution in [3.8, 4) is 0 Å². The number of piperazine rings is 1. The van der Waals surface area contributed by atoms with Crippen LogP contribution >= 0.6 is 15.9 Å². The van der Waals surface area contributed by atoms with Crippen LogP contribution in [0.2, 0.25) is 0 Å². The summed E-state index contributed by atoms with van der Waals surface area (Å²) in [5.74, 6) is 0.171. The zero-order valence-electron chi connectivity index (χ0n) is 11.4. The van der Waals surface area contributed by atoms with Crippen molar-refractivity contribution in [1.82, 2.24) is 9.80 Å². The van der Waals surface area contributed by atoms with Crippen LogP contribution in [0.25, 0.3) is 0 Å². The van der Waals surface area contributed by atoms with Crippen LogP contribution in [0.4, 0.5) is 0 Å².